The first-order valence-corrected chi connectivity index (χ1v) is 11.1. The van der Waals surface area contributed by atoms with E-state index in [2.05, 4.69) is 22.8 Å². The van der Waals surface area contributed by atoms with Gasteiger partial charge in [-0.05, 0) is 29.2 Å². The van der Waals surface area contributed by atoms with Crippen molar-refractivity contribution in [3.63, 3.8) is 0 Å². The molecule has 8 nitrogen and oxygen atoms in total. The van der Waals surface area contributed by atoms with E-state index >= 15 is 0 Å². The molecule has 174 valence electrons. The van der Waals surface area contributed by atoms with Gasteiger partial charge in [-0.25, -0.2) is 9.59 Å². The summed E-state index contributed by atoms with van der Waals surface area (Å²) in [6, 6.07) is 15.6. The Morgan fingerprint density at radius 3 is 2.21 bits per heavy atom. The van der Waals surface area contributed by atoms with Gasteiger partial charge in [0.25, 0.3) is 0 Å². The molecule has 0 unspecified atom stereocenters. The normalized spacial score (nSPS) is 17.4. The molecule has 0 aromatic heterocycles. The monoisotopic (exact) mass is 452 g/mol. The van der Waals surface area contributed by atoms with E-state index in [0.717, 1.165) is 22.3 Å². The van der Waals surface area contributed by atoms with Crippen LogP contribution >= 0.6 is 0 Å². The number of fused-ring (bicyclic) bond motifs is 3. The molecule has 8 heteroatoms. The summed E-state index contributed by atoms with van der Waals surface area (Å²) in [5.74, 6) is -1.56. The Labute approximate surface area is 192 Å². The molecule has 1 atom stereocenters. The highest BCUT2D eigenvalue weighted by Crippen LogP contribution is 2.44. The molecule has 0 bridgehead atoms. The number of rotatable bonds is 7. The van der Waals surface area contributed by atoms with Gasteiger partial charge in [0.05, 0.1) is 0 Å². The van der Waals surface area contributed by atoms with Crippen molar-refractivity contribution in [2.45, 2.75) is 43.7 Å². The predicted molar refractivity (Wildman–Crippen MR) is 121 cm³/mol. The van der Waals surface area contributed by atoms with Gasteiger partial charge in [0, 0.05) is 44.4 Å². The van der Waals surface area contributed by atoms with E-state index in [9.17, 15) is 19.5 Å². The first kappa shape index (κ1) is 22.8. The van der Waals surface area contributed by atoms with E-state index in [4.69, 9.17) is 9.47 Å². The Kier molecular flexibility index (Phi) is 6.65. The maximum Gasteiger partial charge on any atom is 0.407 e. The van der Waals surface area contributed by atoms with E-state index in [-0.39, 0.29) is 45.0 Å². The maximum absolute atomic E-state index is 12.4. The second-order valence-corrected chi connectivity index (χ2v) is 8.62. The van der Waals surface area contributed by atoms with Gasteiger partial charge in [0.1, 0.15) is 12.1 Å². The number of carboxylic acids is 1. The molecule has 33 heavy (non-hydrogen) atoms. The molecule has 0 radical (unpaired) electrons. The fraction of sp³-hybridized carbons (Fsp3) is 0.400. The molecule has 1 aliphatic carbocycles. The summed E-state index contributed by atoms with van der Waals surface area (Å²) >= 11 is 0. The number of nitrogens with one attached hydrogen (secondary N) is 2. The van der Waals surface area contributed by atoms with E-state index in [1.807, 2.05) is 36.4 Å². The fourth-order valence-electron chi connectivity index (χ4n) is 4.60. The lowest BCUT2D eigenvalue weighted by molar-refractivity contribution is -0.152. The van der Waals surface area contributed by atoms with Crippen molar-refractivity contribution < 1.29 is 29.0 Å². The van der Waals surface area contributed by atoms with Crippen LogP contribution in [-0.2, 0) is 19.1 Å². The maximum atomic E-state index is 12.4. The lowest BCUT2D eigenvalue weighted by atomic mass is 9.90. The summed E-state index contributed by atoms with van der Waals surface area (Å²) < 4.78 is 10.7. The third-order valence-electron chi connectivity index (χ3n) is 6.33. The summed E-state index contributed by atoms with van der Waals surface area (Å²) in [5.41, 5.74) is 3.21. The van der Waals surface area contributed by atoms with Crippen LogP contribution in [0.1, 0.15) is 43.2 Å². The zero-order valence-electron chi connectivity index (χ0n) is 18.5. The molecule has 2 amide bonds. The SMILES string of the molecule is C[C@H](CC(=O)NC1(C(=O)O)CCOCC1)NC(=O)OCC1c2ccccc2-c2ccccc21. The Bertz CT molecular complexity index is 1000. The summed E-state index contributed by atoms with van der Waals surface area (Å²) in [4.78, 5) is 36.5. The summed E-state index contributed by atoms with van der Waals surface area (Å²) in [7, 11) is 0. The van der Waals surface area contributed by atoms with Gasteiger partial charge in [0.15, 0.2) is 0 Å². The zero-order chi connectivity index (χ0) is 23.4. The number of hydrogen-bond acceptors (Lipinski definition) is 5. The van der Waals surface area contributed by atoms with Gasteiger partial charge in [0.2, 0.25) is 5.91 Å². The predicted octanol–water partition coefficient (Wildman–Crippen LogP) is 3.05. The molecule has 2 aliphatic rings. The minimum absolute atomic E-state index is 0.0503. The minimum Gasteiger partial charge on any atom is -0.480 e. The van der Waals surface area contributed by atoms with Crippen molar-refractivity contribution in [1.82, 2.24) is 10.6 Å². The number of carbonyl (C=O) groups is 3. The van der Waals surface area contributed by atoms with Crippen LogP contribution in [0, 0.1) is 0 Å². The van der Waals surface area contributed by atoms with Crippen molar-refractivity contribution in [3.05, 3.63) is 59.7 Å². The number of carboxylic acid groups (broad SMARTS) is 1. The third-order valence-corrected chi connectivity index (χ3v) is 6.33. The van der Waals surface area contributed by atoms with Crippen LogP contribution in [0.15, 0.2) is 48.5 Å². The largest absolute Gasteiger partial charge is 0.480 e. The summed E-state index contributed by atoms with van der Waals surface area (Å²) in [5, 5.41) is 14.9. The molecule has 1 saturated heterocycles. The average Bonchev–Trinajstić information content (AvgIpc) is 3.12. The number of aliphatic carboxylic acids is 1. The Morgan fingerprint density at radius 1 is 1.06 bits per heavy atom. The van der Waals surface area contributed by atoms with Gasteiger partial charge in [-0.3, -0.25) is 4.79 Å². The smallest absolute Gasteiger partial charge is 0.407 e. The highest BCUT2D eigenvalue weighted by molar-refractivity contribution is 5.87. The highest BCUT2D eigenvalue weighted by Gasteiger charge is 2.41. The first-order valence-electron chi connectivity index (χ1n) is 11.1. The molecule has 1 aliphatic heterocycles. The third kappa shape index (κ3) is 4.85. The molecule has 2 aromatic carbocycles. The summed E-state index contributed by atoms with van der Waals surface area (Å²) in [6.07, 6.45) is -0.249. The molecule has 0 saturated carbocycles. The molecular formula is C25H28N2O6. The zero-order valence-corrected chi connectivity index (χ0v) is 18.5. The first-order chi connectivity index (χ1) is 15.9. The van der Waals surface area contributed by atoms with E-state index in [1.54, 1.807) is 6.92 Å². The lowest BCUT2D eigenvalue weighted by Gasteiger charge is -2.34. The second-order valence-electron chi connectivity index (χ2n) is 8.62. The Balaban J connectivity index is 1.30. The second kappa shape index (κ2) is 9.62. The number of amides is 2. The van der Waals surface area contributed by atoms with Gasteiger partial charge in [-0.15, -0.1) is 0 Å². The minimum atomic E-state index is -1.32. The molecule has 2 aromatic rings. The van der Waals surface area contributed by atoms with Crippen LogP contribution in [0.4, 0.5) is 4.79 Å². The Morgan fingerprint density at radius 2 is 1.64 bits per heavy atom. The number of alkyl carbamates (subject to hydrolysis) is 1. The van der Waals surface area contributed by atoms with Crippen molar-refractivity contribution in [2.75, 3.05) is 19.8 Å². The molecule has 0 spiro atoms. The van der Waals surface area contributed by atoms with Crippen LogP contribution in [-0.4, -0.2) is 54.5 Å². The van der Waals surface area contributed by atoms with Crippen LogP contribution in [0.2, 0.25) is 0 Å². The van der Waals surface area contributed by atoms with Gasteiger partial charge in [-0.2, -0.15) is 0 Å². The quantitative estimate of drug-likeness (QED) is 0.595. The van der Waals surface area contributed by atoms with Crippen molar-refractivity contribution in [1.29, 1.82) is 0 Å². The van der Waals surface area contributed by atoms with Crippen molar-refractivity contribution >= 4 is 18.0 Å². The standard InChI is InChI=1S/C25H28N2O6/c1-16(14-22(28)27-25(23(29)30)10-12-32-13-11-25)26-24(31)33-15-21-19-8-4-2-6-17(19)18-7-3-5-9-20(18)21/h2-9,16,21H,10-15H2,1H3,(H,26,31)(H,27,28)(H,29,30)/t16-/m1/s1. The van der Waals surface area contributed by atoms with Crippen LogP contribution in [0.5, 0.6) is 0 Å². The molecule has 3 N–H and O–H groups in total. The average molecular weight is 453 g/mol. The number of benzene rings is 2. The highest BCUT2D eigenvalue weighted by atomic mass is 16.5. The van der Waals surface area contributed by atoms with Crippen molar-refractivity contribution in [2.24, 2.45) is 0 Å². The number of hydrogen-bond donors (Lipinski definition) is 3. The fourth-order valence-corrected chi connectivity index (χ4v) is 4.60. The van der Waals surface area contributed by atoms with Crippen molar-refractivity contribution in [3.8, 4) is 11.1 Å². The Hall–Kier alpha value is -3.39. The van der Waals surface area contributed by atoms with Gasteiger partial charge < -0.3 is 25.2 Å². The molecule has 1 fully saturated rings. The van der Waals surface area contributed by atoms with E-state index in [0.29, 0.717) is 0 Å². The van der Waals surface area contributed by atoms with Gasteiger partial charge >= 0.3 is 12.1 Å². The molecule has 4 rings (SSSR count). The van der Waals surface area contributed by atoms with Gasteiger partial charge in [-0.1, -0.05) is 48.5 Å². The van der Waals surface area contributed by atoms with E-state index < -0.39 is 29.6 Å². The topological polar surface area (TPSA) is 114 Å². The lowest BCUT2D eigenvalue weighted by Crippen LogP contribution is -2.58. The van der Waals surface area contributed by atoms with Crippen LogP contribution in [0.25, 0.3) is 11.1 Å². The summed E-state index contributed by atoms with van der Waals surface area (Å²) in [6.45, 7) is 2.42. The van der Waals surface area contributed by atoms with E-state index in [1.165, 1.54) is 0 Å². The number of ether oxygens (including phenoxy) is 2. The molecular weight excluding hydrogens is 424 g/mol. The number of carbonyl (C=O) groups excluding carboxylic acids is 2. The molecule has 1 heterocycles. The van der Waals surface area contributed by atoms with Crippen LogP contribution < -0.4 is 10.6 Å². The van der Waals surface area contributed by atoms with Crippen LogP contribution in [0.3, 0.4) is 0 Å².